The van der Waals surface area contributed by atoms with Crippen LogP contribution < -0.4 is 5.73 Å². The van der Waals surface area contributed by atoms with Crippen LogP contribution in [0.5, 0.6) is 0 Å². The summed E-state index contributed by atoms with van der Waals surface area (Å²) in [6.07, 6.45) is 5.18. The molecule has 0 atom stereocenters. The van der Waals surface area contributed by atoms with E-state index in [-0.39, 0.29) is 5.97 Å². The molecule has 1 fully saturated rings. The van der Waals surface area contributed by atoms with E-state index in [2.05, 4.69) is 14.6 Å². The minimum Gasteiger partial charge on any atom is -0.469 e. The van der Waals surface area contributed by atoms with E-state index in [0.29, 0.717) is 18.9 Å². The van der Waals surface area contributed by atoms with Crippen molar-refractivity contribution in [2.45, 2.75) is 32.1 Å². The van der Waals surface area contributed by atoms with Gasteiger partial charge >= 0.3 is 5.97 Å². The smallest absolute Gasteiger partial charge is 0.307 e. The SMILES string of the molecule is COC(=O)CCN=C(N)N1CCCCCC1. The van der Waals surface area contributed by atoms with E-state index >= 15 is 0 Å². The lowest BCUT2D eigenvalue weighted by Gasteiger charge is -2.20. The van der Waals surface area contributed by atoms with Crippen molar-refractivity contribution in [2.75, 3.05) is 26.7 Å². The second kappa shape index (κ2) is 7.09. The monoisotopic (exact) mass is 227 g/mol. The van der Waals surface area contributed by atoms with E-state index < -0.39 is 0 Å². The highest BCUT2D eigenvalue weighted by atomic mass is 16.5. The summed E-state index contributed by atoms with van der Waals surface area (Å²) < 4.78 is 4.53. The van der Waals surface area contributed by atoms with E-state index in [1.54, 1.807) is 0 Å². The molecular weight excluding hydrogens is 206 g/mol. The number of hydrogen-bond acceptors (Lipinski definition) is 3. The Bertz CT molecular complexity index is 246. The highest BCUT2D eigenvalue weighted by molar-refractivity contribution is 5.78. The number of guanidine groups is 1. The van der Waals surface area contributed by atoms with Gasteiger partial charge in [0.2, 0.25) is 0 Å². The largest absolute Gasteiger partial charge is 0.469 e. The van der Waals surface area contributed by atoms with Crippen molar-refractivity contribution in [1.29, 1.82) is 0 Å². The molecule has 1 aliphatic heterocycles. The molecule has 0 aromatic carbocycles. The zero-order chi connectivity index (χ0) is 11.8. The van der Waals surface area contributed by atoms with E-state index in [0.717, 1.165) is 13.1 Å². The van der Waals surface area contributed by atoms with Gasteiger partial charge in [-0.05, 0) is 12.8 Å². The number of methoxy groups -OCH3 is 1. The fourth-order valence-corrected chi connectivity index (χ4v) is 1.76. The molecule has 1 aliphatic rings. The Balaban J connectivity index is 2.33. The Labute approximate surface area is 96.7 Å². The highest BCUT2D eigenvalue weighted by Gasteiger charge is 2.10. The van der Waals surface area contributed by atoms with Gasteiger partial charge in [0.1, 0.15) is 0 Å². The summed E-state index contributed by atoms with van der Waals surface area (Å²) in [5, 5.41) is 0. The average Bonchev–Trinajstić information content (AvgIpc) is 2.57. The van der Waals surface area contributed by atoms with Gasteiger partial charge in [-0.3, -0.25) is 9.79 Å². The first-order chi connectivity index (χ1) is 7.74. The van der Waals surface area contributed by atoms with Gasteiger partial charge in [-0.2, -0.15) is 0 Å². The van der Waals surface area contributed by atoms with Gasteiger partial charge in [0.25, 0.3) is 0 Å². The first kappa shape index (κ1) is 12.8. The molecule has 0 aromatic heterocycles. The summed E-state index contributed by atoms with van der Waals surface area (Å²) in [5.41, 5.74) is 5.87. The first-order valence-corrected chi connectivity index (χ1v) is 5.85. The molecule has 5 nitrogen and oxygen atoms in total. The number of ether oxygens (including phenoxy) is 1. The van der Waals surface area contributed by atoms with Crippen molar-refractivity contribution in [2.24, 2.45) is 10.7 Å². The van der Waals surface area contributed by atoms with Gasteiger partial charge in [0.05, 0.1) is 20.1 Å². The Hall–Kier alpha value is -1.26. The Morgan fingerprint density at radius 3 is 2.50 bits per heavy atom. The van der Waals surface area contributed by atoms with Gasteiger partial charge in [0, 0.05) is 13.1 Å². The summed E-state index contributed by atoms with van der Waals surface area (Å²) >= 11 is 0. The van der Waals surface area contributed by atoms with Gasteiger partial charge in [-0.1, -0.05) is 12.8 Å². The lowest BCUT2D eigenvalue weighted by molar-refractivity contribution is -0.140. The second-order valence-corrected chi connectivity index (χ2v) is 3.97. The zero-order valence-corrected chi connectivity index (χ0v) is 9.95. The van der Waals surface area contributed by atoms with Crippen LogP contribution in [0.15, 0.2) is 4.99 Å². The number of hydrogen-bond donors (Lipinski definition) is 1. The molecule has 0 bridgehead atoms. The number of nitrogens with two attached hydrogens (primary N) is 1. The van der Waals surface area contributed by atoms with Gasteiger partial charge in [-0.15, -0.1) is 0 Å². The molecule has 0 spiro atoms. The van der Waals surface area contributed by atoms with Crippen molar-refractivity contribution in [3.63, 3.8) is 0 Å². The van der Waals surface area contributed by atoms with Crippen LogP contribution in [0.2, 0.25) is 0 Å². The lowest BCUT2D eigenvalue weighted by atomic mass is 10.2. The number of carbonyl (C=O) groups excluding carboxylic acids is 1. The van der Waals surface area contributed by atoms with E-state index in [4.69, 9.17) is 5.73 Å². The Morgan fingerprint density at radius 1 is 1.31 bits per heavy atom. The third-order valence-corrected chi connectivity index (χ3v) is 2.75. The van der Waals surface area contributed by atoms with Crippen LogP contribution >= 0.6 is 0 Å². The fourth-order valence-electron chi connectivity index (χ4n) is 1.76. The Kier molecular flexibility index (Phi) is 5.67. The maximum Gasteiger partial charge on any atom is 0.307 e. The number of nitrogens with zero attached hydrogens (tertiary/aromatic N) is 2. The third-order valence-electron chi connectivity index (χ3n) is 2.75. The van der Waals surface area contributed by atoms with Crippen molar-refractivity contribution in [3.8, 4) is 0 Å². The molecule has 1 rings (SSSR count). The molecule has 1 heterocycles. The minimum atomic E-state index is -0.243. The summed E-state index contributed by atoms with van der Waals surface area (Å²) in [6.45, 7) is 2.37. The number of carbonyl (C=O) groups is 1. The number of aliphatic imine (C=N–C) groups is 1. The molecule has 0 unspecified atom stereocenters. The molecule has 0 amide bonds. The highest BCUT2D eigenvalue weighted by Crippen LogP contribution is 2.09. The predicted molar refractivity (Wildman–Crippen MR) is 63.2 cm³/mol. The van der Waals surface area contributed by atoms with Crippen LogP contribution in [0.1, 0.15) is 32.1 Å². The topological polar surface area (TPSA) is 67.9 Å². The molecule has 1 saturated heterocycles. The molecule has 0 saturated carbocycles. The first-order valence-electron chi connectivity index (χ1n) is 5.85. The van der Waals surface area contributed by atoms with Gasteiger partial charge in [-0.25, -0.2) is 0 Å². The molecule has 0 radical (unpaired) electrons. The van der Waals surface area contributed by atoms with Gasteiger partial charge in [0.15, 0.2) is 5.96 Å². The average molecular weight is 227 g/mol. The third kappa shape index (κ3) is 4.51. The molecule has 0 aromatic rings. The fraction of sp³-hybridized carbons (Fsp3) is 0.818. The van der Waals surface area contributed by atoms with Crippen molar-refractivity contribution in [3.05, 3.63) is 0 Å². The summed E-state index contributed by atoms with van der Waals surface area (Å²) in [4.78, 5) is 17.2. The molecule has 16 heavy (non-hydrogen) atoms. The summed E-state index contributed by atoms with van der Waals surface area (Å²) in [6, 6.07) is 0. The zero-order valence-electron chi connectivity index (χ0n) is 9.95. The van der Waals surface area contributed by atoms with Crippen LogP contribution in [0.25, 0.3) is 0 Å². The van der Waals surface area contributed by atoms with E-state index in [1.807, 2.05) is 0 Å². The number of rotatable bonds is 3. The molecule has 2 N–H and O–H groups in total. The van der Waals surface area contributed by atoms with Crippen molar-refractivity contribution >= 4 is 11.9 Å². The molecule has 5 heteroatoms. The van der Waals surface area contributed by atoms with Crippen molar-refractivity contribution in [1.82, 2.24) is 4.90 Å². The van der Waals surface area contributed by atoms with E-state index in [9.17, 15) is 4.79 Å². The van der Waals surface area contributed by atoms with Crippen LogP contribution in [0.4, 0.5) is 0 Å². The molecule has 92 valence electrons. The Morgan fingerprint density at radius 2 is 1.94 bits per heavy atom. The van der Waals surface area contributed by atoms with Crippen LogP contribution in [0.3, 0.4) is 0 Å². The molecular formula is C11H21N3O2. The maximum absolute atomic E-state index is 10.9. The summed E-state index contributed by atoms with van der Waals surface area (Å²) in [7, 11) is 1.38. The summed E-state index contributed by atoms with van der Waals surface area (Å²) in [5.74, 6) is 0.318. The quantitative estimate of drug-likeness (QED) is 0.438. The predicted octanol–water partition coefficient (Wildman–Crippen LogP) is 0.740. The van der Waals surface area contributed by atoms with Gasteiger partial charge < -0.3 is 15.4 Å². The number of esters is 1. The standard InChI is InChI=1S/C11H21N3O2/c1-16-10(15)6-7-13-11(12)14-8-4-2-3-5-9-14/h2-9H2,1H3,(H2,12,13). The van der Waals surface area contributed by atoms with Crippen LogP contribution in [-0.2, 0) is 9.53 Å². The second-order valence-electron chi connectivity index (χ2n) is 3.97. The number of likely N-dealkylation sites (tertiary alicyclic amines) is 1. The molecule has 0 aliphatic carbocycles. The minimum absolute atomic E-state index is 0.243. The van der Waals surface area contributed by atoms with Crippen LogP contribution in [0, 0.1) is 0 Å². The maximum atomic E-state index is 10.9. The van der Waals surface area contributed by atoms with Crippen LogP contribution in [-0.4, -0.2) is 43.6 Å². The normalized spacial score (nSPS) is 18.1. The van der Waals surface area contributed by atoms with E-state index in [1.165, 1.54) is 32.8 Å². The lowest BCUT2D eigenvalue weighted by Crippen LogP contribution is -2.38. The van der Waals surface area contributed by atoms with Crippen molar-refractivity contribution < 1.29 is 9.53 Å².